The van der Waals surface area contributed by atoms with Crippen LogP contribution in [0.15, 0.2) is 82.0 Å². The lowest BCUT2D eigenvalue weighted by Crippen LogP contribution is -2.53. The normalized spacial score (nSPS) is 18.6. The Balaban J connectivity index is 1.66. The molecule has 1 unspecified atom stereocenters. The molecule has 1 spiro atoms. The minimum absolute atomic E-state index is 0.0649. The number of hydrogen-bond acceptors (Lipinski definition) is 4. The van der Waals surface area contributed by atoms with E-state index >= 15 is 0 Å². The Morgan fingerprint density at radius 1 is 0.914 bits per heavy atom. The predicted molar refractivity (Wildman–Crippen MR) is 134 cm³/mol. The van der Waals surface area contributed by atoms with Crippen LogP contribution in [0, 0.1) is 0 Å². The molecule has 0 radical (unpaired) electrons. The summed E-state index contributed by atoms with van der Waals surface area (Å²) in [5, 5.41) is 0.879. The van der Waals surface area contributed by atoms with E-state index in [1.165, 1.54) is 4.90 Å². The Labute approximate surface area is 206 Å². The average Bonchev–Trinajstić information content (AvgIpc) is 3.26. The molecule has 2 aliphatic heterocycles. The van der Waals surface area contributed by atoms with E-state index < -0.39 is 11.4 Å². The van der Waals surface area contributed by atoms with Gasteiger partial charge in [-0.1, -0.05) is 67.1 Å². The number of hydrogen-bond donors (Lipinski definition) is 0. The largest absolute Gasteiger partial charge is 0.450 e. The van der Waals surface area contributed by atoms with Crippen LogP contribution in [0.2, 0.25) is 5.02 Å². The lowest BCUT2D eigenvalue weighted by Gasteiger charge is -2.34. The van der Waals surface area contributed by atoms with Crippen LogP contribution in [-0.2, 0) is 16.9 Å². The number of amides is 2. The first-order valence-corrected chi connectivity index (χ1v) is 11.9. The highest BCUT2D eigenvalue weighted by Crippen LogP contribution is 2.53. The lowest BCUT2D eigenvalue weighted by atomic mass is 9.84. The summed E-state index contributed by atoms with van der Waals surface area (Å²) in [6.07, 6.45) is 0.606. The van der Waals surface area contributed by atoms with Gasteiger partial charge in [0.15, 0.2) is 11.0 Å². The molecule has 0 fully saturated rings. The molecule has 4 aromatic rings. The van der Waals surface area contributed by atoms with E-state index in [0.717, 1.165) is 5.56 Å². The zero-order valence-corrected chi connectivity index (χ0v) is 19.7. The summed E-state index contributed by atoms with van der Waals surface area (Å²) in [5.41, 5.74) is 0.471. The van der Waals surface area contributed by atoms with Crippen LogP contribution < -0.4 is 10.3 Å². The van der Waals surface area contributed by atoms with Crippen molar-refractivity contribution in [1.82, 2.24) is 4.90 Å². The van der Waals surface area contributed by atoms with Gasteiger partial charge in [0.25, 0.3) is 11.8 Å². The van der Waals surface area contributed by atoms with Gasteiger partial charge in [0.05, 0.1) is 23.2 Å². The van der Waals surface area contributed by atoms with Crippen LogP contribution in [-0.4, -0.2) is 23.3 Å². The quantitative estimate of drug-likeness (QED) is 0.404. The monoisotopic (exact) mass is 484 g/mol. The first-order chi connectivity index (χ1) is 17.0. The van der Waals surface area contributed by atoms with Crippen LogP contribution in [0.5, 0.6) is 0 Å². The molecule has 0 aliphatic carbocycles. The SMILES string of the molecule is CCCN1C(=O)c2oc3ccccc3c(=O)c2C12C(=O)N(Cc1ccccc1Cl)c1ccccc12. The van der Waals surface area contributed by atoms with Crippen LogP contribution in [0.25, 0.3) is 11.0 Å². The fraction of sp³-hybridized carbons (Fsp3) is 0.179. The third-order valence-corrected chi connectivity index (χ3v) is 7.25. The number of fused-ring (bicyclic) bond motifs is 5. The molecule has 3 aromatic carbocycles. The molecule has 1 atom stereocenters. The summed E-state index contributed by atoms with van der Waals surface area (Å²) in [6.45, 7) is 2.43. The number of carbonyl (C=O) groups excluding carboxylic acids is 2. The van der Waals surface area contributed by atoms with Crippen molar-refractivity contribution in [2.45, 2.75) is 25.4 Å². The molecule has 0 saturated heterocycles. The van der Waals surface area contributed by atoms with Gasteiger partial charge in [0.2, 0.25) is 5.76 Å². The van der Waals surface area contributed by atoms with Crippen molar-refractivity contribution in [3.63, 3.8) is 0 Å². The van der Waals surface area contributed by atoms with E-state index in [-0.39, 0.29) is 29.2 Å². The standard InChI is InChI=1S/C28H21ClN2O4/c1-2-15-31-26(33)25-23(24(32)18-10-4-8-14-22(18)35-25)28(31)19-11-5-7-13-21(19)30(27(28)34)16-17-9-3-6-12-20(17)29/h3-14H,2,15-16H2,1H3. The maximum absolute atomic E-state index is 14.5. The van der Waals surface area contributed by atoms with Crippen LogP contribution in [0.3, 0.4) is 0 Å². The number of rotatable bonds is 4. The maximum atomic E-state index is 14.5. The minimum atomic E-state index is -1.59. The molecule has 2 aliphatic rings. The Hall–Kier alpha value is -3.90. The fourth-order valence-corrected chi connectivity index (χ4v) is 5.61. The van der Waals surface area contributed by atoms with Crippen molar-refractivity contribution in [1.29, 1.82) is 0 Å². The van der Waals surface area contributed by atoms with Crippen molar-refractivity contribution < 1.29 is 14.0 Å². The van der Waals surface area contributed by atoms with E-state index in [1.807, 2.05) is 49.4 Å². The van der Waals surface area contributed by atoms with E-state index in [0.29, 0.717) is 40.2 Å². The van der Waals surface area contributed by atoms with Crippen LogP contribution in [0.4, 0.5) is 5.69 Å². The van der Waals surface area contributed by atoms with Gasteiger partial charge in [-0.25, -0.2) is 0 Å². The van der Waals surface area contributed by atoms with Crippen molar-refractivity contribution in [3.05, 3.63) is 110 Å². The highest BCUT2D eigenvalue weighted by Gasteiger charge is 2.64. The molecular formula is C28H21ClN2O4. The van der Waals surface area contributed by atoms with Gasteiger partial charge in [0.1, 0.15) is 5.58 Å². The number of carbonyl (C=O) groups is 2. The average molecular weight is 485 g/mol. The second-order valence-electron chi connectivity index (χ2n) is 8.80. The molecule has 6 nitrogen and oxygen atoms in total. The van der Waals surface area contributed by atoms with E-state index in [9.17, 15) is 14.4 Å². The molecule has 0 bridgehead atoms. The number of para-hydroxylation sites is 2. The van der Waals surface area contributed by atoms with E-state index in [2.05, 4.69) is 0 Å². The highest BCUT2D eigenvalue weighted by atomic mass is 35.5. The molecule has 35 heavy (non-hydrogen) atoms. The van der Waals surface area contributed by atoms with Gasteiger partial charge in [-0.2, -0.15) is 0 Å². The molecular weight excluding hydrogens is 464 g/mol. The first kappa shape index (κ1) is 21.6. The number of anilines is 1. The van der Waals surface area contributed by atoms with Gasteiger partial charge in [-0.15, -0.1) is 0 Å². The Kier molecular flexibility index (Phi) is 4.83. The Morgan fingerprint density at radius 3 is 2.43 bits per heavy atom. The van der Waals surface area contributed by atoms with Crippen LogP contribution >= 0.6 is 11.6 Å². The summed E-state index contributed by atoms with van der Waals surface area (Å²) in [6, 6.07) is 21.5. The van der Waals surface area contributed by atoms with Crippen molar-refractivity contribution in [2.24, 2.45) is 0 Å². The number of benzene rings is 3. The molecule has 7 heteroatoms. The molecule has 6 rings (SSSR count). The van der Waals surface area contributed by atoms with E-state index in [1.54, 1.807) is 35.2 Å². The van der Waals surface area contributed by atoms with Gasteiger partial charge >= 0.3 is 0 Å². The third kappa shape index (κ3) is 2.80. The molecule has 2 amide bonds. The van der Waals surface area contributed by atoms with Gasteiger partial charge in [-0.05, 0) is 36.2 Å². The summed E-state index contributed by atoms with van der Waals surface area (Å²) in [4.78, 5) is 45.3. The summed E-state index contributed by atoms with van der Waals surface area (Å²) >= 11 is 6.43. The highest BCUT2D eigenvalue weighted by molar-refractivity contribution is 6.31. The molecule has 0 N–H and O–H groups in total. The molecule has 3 heterocycles. The maximum Gasteiger partial charge on any atom is 0.291 e. The lowest BCUT2D eigenvalue weighted by molar-refractivity contribution is -0.126. The smallest absolute Gasteiger partial charge is 0.291 e. The molecule has 0 saturated carbocycles. The second-order valence-corrected chi connectivity index (χ2v) is 9.21. The Bertz CT molecular complexity index is 1590. The molecule has 174 valence electrons. The zero-order valence-electron chi connectivity index (χ0n) is 19.0. The van der Waals surface area contributed by atoms with Crippen molar-refractivity contribution in [3.8, 4) is 0 Å². The van der Waals surface area contributed by atoms with E-state index in [4.69, 9.17) is 16.0 Å². The summed E-state index contributed by atoms with van der Waals surface area (Å²) < 4.78 is 6.01. The van der Waals surface area contributed by atoms with Crippen LogP contribution in [0.1, 0.15) is 40.6 Å². The zero-order chi connectivity index (χ0) is 24.3. The predicted octanol–water partition coefficient (Wildman–Crippen LogP) is 5.10. The number of halogens is 1. The summed E-state index contributed by atoms with van der Waals surface area (Å²) in [5.74, 6) is -0.876. The fourth-order valence-electron chi connectivity index (χ4n) is 5.42. The summed E-state index contributed by atoms with van der Waals surface area (Å²) in [7, 11) is 0. The topological polar surface area (TPSA) is 70.8 Å². The van der Waals surface area contributed by atoms with Gasteiger partial charge in [0, 0.05) is 17.1 Å². The van der Waals surface area contributed by atoms with Gasteiger partial charge in [-0.3, -0.25) is 14.4 Å². The second kappa shape index (κ2) is 7.82. The van der Waals surface area contributed by atoms with Crippen molar-refractivity contribution >= 4 is 40.1 Å². The Morgan fingerprint density at radius 2 is 1.63 bits per heavy atom. The third-order valence-electron chi connectivity index (χ3n) is 6.88. The van der Waals surface area contributed by atoms with Crippen molar-refractivity contribution in [2.75, 3.05) is 11.4 Å². The molecule has 1 aromatic heterocycles. The number of nitrogens with zero attached hydrogens (tertiary/aromatic N) is 2. The first-order valence-electron chi connectivity index (χ1n) is 11.5. The minimum Gasteiger partial charge on any atom is -0.450 e. The van der Waals surface area contributed by atoms with Gasteiger partial charge < -0.3 is 14.2 Å².